The average Bonchev–Trinajstić information content (AvgIpc) is 3.07. The number of hydrogen-bond donors (Lipinski definition) is 2. The Morgan fingerprint density at radius 3 is 2.68 bits per heavy atom. The van der Waals surface area contributed by atoms with E-state index in [0.29, 0.717) is 13.1 Å². The number of piperazine rings is 1. The van der Waals surface area contributed by atoms with Crippen molar-refractivity contribution in [3.63, 3.8) is 0 Å². The Balaban J connectivity index is 1.47. The van der Waals surface area contributed by atoms with Crippen molar-refractivity contribution in [1.29, 1.82) is 0 Å². The molecule has 1 saturated heterocycles. The van der Waals surface area contributed by atoms with Crippen molar-refractivity contribution in [2.24, 2.45) is 0 Å². The molecule has 2 aliphatic rings. The van der Waals surface area contributed by atoms with Gasteiger partial charge in [-0.15, -0.1) is 0 Å². The molecule has 2 aromatic rings. The SMILES string of the molecule is Cc1cc(N2CCN(C(=O)C3CC(=O)Nc4ccccc43)CC2)n[nH]1. The highest BCUT2D eigenvalue weighted by Gasteiger charge is 2.34. The molecule has 0 saturated carbocycles. The number of aryl methyl sites for hydroxylation is 1. The lowest BCUT2D eigenvalue weighted by Gasteiger charge is -2.37. The van der Waals surface area contributed by atoms with E-state index in [-0.39, 0.29) is 24.2 Å². The molecule has 3 heterocycles. The summed E-state index contributed by atoms with van der Waals surface area (Å²) in [6.07, 6.45) is 0.217. The first kappa shape index (κ1) is 15.7. The number of amides is 2. The predicted molar refractivity (Wildman–Crippen MR) is 94.5 cm³/mol. The van der Waals surface area contributed by atoms with Gasteiger partial charge in [0.1, 0.15) is 0 Å². The van der Waals surface area contributed by atoms with Gasteiger partial charge in [-0.2, -0.15) is 5.10 Å². The molecule has 130 valence electrons. The van der Waals surface area contributed by atoms with E-state index in [1.54, 1.807) is 0 Å². The molecule has 1 aromatic heterocycles. The maximum atomic E-state index is 13.0. The van der Waals surface area contributed by atoms with E-state index in [4.69, 9.17) is 0 Å². The molecule has 1 unspecified atom stereocenters. The van der Waals surface area contributed by atoms with Crippen molar-refractivity contribution in [2.75, 3.05) is 36.4 Å². The van der Waals surface area contributed by atoms with Crippen LogP contribution >= 0.6 is 0 Å². The van der Waals surface area contributed by atoms with E-state index in [1.165, 1.54) is 0 Å². The molecule has 2 amide bonds. The highest BCUT2D eigenvalue weighted by molar-refractivity contribution is 6.01. The van der Waals surface area contributed by atoms with Crippen LogP contribution in [-0.2, 0) is 9.59 Å². The van der Waals surface area contributed by atoms with Crippen molar-refractivity contribution in [2.45, 2.75) is 19.3 Å². The van der Waals surface area contributed by atoms with Gasteiger partial charge in [-0.05, 0) is 18.6 Å². The van der Waals surface area contributed by atoms with Crippen LogP contribution in [0.1, 0.15) is 23.6 Å². The third-order valence-electron chi connectivity index (χ3n) is 4.91. The van der Waals surface area contributed by atoms with Gasteiger partial charge >= 0.3 is 0 Å². The Morgan fingerprint density at radius 2 is 1.96 bits per heavy atom. The lowest BCUT2D eigenvalue weighted by Crippen LogP contribution is -2.50. The number of fused-ring (bicyclic) bond motifs is 1. The number of nitrogens with zero attached hydrogens (tertiary/aromatic N) is 3. The normalized spacial score (nSPS) is 20.2. The average molecular weight is 339 g/mol. The van der Waals surface area contributed by atoms with Crippen LogP contribution in [0.2, 0.25) is 0 Å². The largest absolute Gasteiger partial charge is 0.352 e. The number of anilines is 2. The summed E-state index contributed by atoms with van der Waals surface area (Å²) in [6.45, 7) is 4.76. The standard InChI is InChI=1S/C18H21N5O2/c1-12-10-16(21-20-12)22-6-8-23(9-7-22)18(25)14-11-17(24)19-15-5-3-2-4-13(14)15/h2-5,10,14H,6-9,11H2,1H3,(H,19,24)(H,20,21). The van der Waals surface area contributed by atoms with Gasteiger partial charge < -0.3 is 15.1 Å². The molecule has 1 atom stereocenters. The van der Waals surface area contributed by atoms with Gasteiger partial charge in [0.2, 0.25) is 11.8 Å². The maximum Gasteiger partial charge on any atom is 0.230 e. The number of hydrogen-bond acceptors (Lipinski definition) is 4. The smallest absolute Gasteiger partial charge is 0.230 e. The molecule has 4 rings (SSSR count). The minimum absolute atomic E-state index is 0.0418. The molecule has 0 aliphatic carbocycles. The molecule has 7 heteroatoms. The van der Waals surface area contributed by atoms with E-state index >= 15 is 0 Å². The summed E-state index contributed by atoms with van der Waals surface area (Å²) in [5.74, 6) is 0.485. The number of carbonyl (C=O) groups is 2. The number of carbonyl (C=O) groups excluding carboxylic acids is 2. The third-order valence-corrected chi connectivity index (χ3v) is 4.91. The lowest BCUT2D eigenvalue weighted by atomic mass is 9.89. The Labute approximate surface area is 146 Å². The second-order valence-corrected chi connectivity index (χ2v) is 6.61. The van der Waals surface area contributed by atoms with Gasteiger partial charge in [0.05, 0.1) is 5.92 Å². The van der Waals surface area contributed by atoms with Crippen LogP contribution in [0.4, 0.5) is 11.5 Å². The number of H-pyrrole nitrogens is 1. The molecule has 2 N–H and O–H groups in total. The van der Waals surface area contributed by atoms with E-state index in [0.717, 1.165) is 35.9 Å². The molecular formula is C18H21N5O2. The van der Waals surface area contributed by atoms with Crippen LogP contribution in [0.3, 0.4) is 0 Å². The summed E-state index contributed by atoms with van der Waals surface area (Å²) in [4.78, 5) is 29.0. The van der Waals surface area contributed by atoms with Crippen molar-refractivity contribution in [1.82, 2.24) is 15.1 Å². The third kappa shape index (κ3) is 2.97. The van der Waals surface area contributed by atoms with Crippen LogP contribution in [0.5, 0.6) is 0 Å². The molecule has 0 radical (unpaired) electrons. The number of nitrogens with one attached hydrogen (secondary N) is 2. The van der Waals surface area contributed by atoms with Crippen molar-refractivity contribution in [3.05, 3.63) is 41.6 Å². The van der Waals surface area contributed by atoms with Gasteiger partial charge in [-0.1, -0.05) is 18.2 Å². The first-order valence-electron chi connectivity index (χ1n) is 8.56. The fourth-order valence-electron chi connectivity index (χ4n) is 3.57. The van der Waals surface area contributed by atoms with Crippen LogP contribution in [0.25, 0.3) is 0 Å². The summed E-state index contributed by atoms with van der Waals surface area (Å²) in [7, 11) is 0. The number of benzene rings is 1. The molecule has 1 aromatic carbocycles. The maximum absolute atomic E-state index is 13.0. The fraction of sp³-hybridized carbons (Fsp3) is 0.389. The summed E-state index contributed by atoms with van der Waals surface area (Å²) in [6, 6.07) is 9.58. The zero-order chi connectivity index (χ0) is 17.4. The molecule has 0 bridgehead atoms. The van der Waals surface area contributed by atoms with Gasteiger partial charge in [0.15, 0.2) is 5.82 Å². The first-order valence-corrected chi connectivity index (χ1v) is 8.56. The highest BCUT2D eigenvalue weighted by Crippen LogP contribution is 2.33. The van der Waals surface area contributed by atoms with E-state index in [1.807, 2.05) is 42.2 Å². The number of aromatic amines is 1. The quantitative estimate of drug-likeness (QED) is 0.869. The first-order chi connectivity index (χ1) is 12.1. The van der Waals surface area contributed by atoms with Crippen LogP contribution in [0, 0.1) is 6.92 Å². The summed E-state index contributed by atoms with van der Waals surface area (Å²) < 4.78 is 0. The molecule has 2 aliphatic heterocycles. The molecule has 25 heavy (non-hydrogen) atoms. The fourth-order valence-corrected chi connectivity index (χ4v) is 3.57. The van der Waals surface area contributed by atoms with Crippen molar-refractivity contribution >= 4 is 23.3 Å². The number of rotatable bonds is 2. The Bertz CT molecular complexity index is 807. The zero-order valence-electron chi connectivity index (χ0n) is 14.2. The van der Waals surface area contributed by atoms with Crippen LogP contribution in [-0.4, -0.2) is 53.1 Å². The number of para-hydroxylation sites is 1. The second-order valence-electron chi connectivity index (χ2n) is 6.61. The van der Waals surface area contributed by atoms with Gasteiger partial charge in [-0.3, -0.25) is 14.7 Å². The Morgan fingerprint density at radius 1 is 1.20 bits per heavy atom. The molecule has 1 fully saturated rings. The van der Waals surface area contributed by atoms with E-state index in [9.17, 15) is 9.59 Å². The molecule has 0 spiro atoms. The Kier molecular flexibility index (Phi) is 3.91. The topological polar surface area (TPSA) is 81.3 Å². The van der Waals surface area contributed by atoms with E-state index in [2.05, 4.69) is 20.4 Å². The minimum atomic E-state index is -0.385. The highest BCUT2D eigenvalue weighted by atomic mass is 16.2. The summed E-state index contributed by atoms with van der Waals surface area (Å²) in [5.41, 5.74) is 2.69. The number of aromatic nitrogens is 2. The van der Waals surface area contributed by atoms with Gasteiger partial charge in [0.25, 0.3) is 0 Å². The Hall–Kier alpha value is -2.83. The predicted octanol–water partition coefficient (Wildman–Crippen LogP) is 1.49. The minimum Gasteiger partial charge on any atom is -0.352 e. The summed E-state index contributed by atoms with van der Waals surface area (Å²) >= 11 is 0. The van der Waals surface area contributed by atoms with Crippen LogP contribution < -0.4 is 10.2 Å². The molecule has 7 nitrogen and oxygen atoms in total. The summed E-state index contributed by atoms with van der Waals surface area (Å²) in [5, 5.41) is 10.1. The van der Waals surface area contributed by atoms with Crippen molar-refractivity contribution in [3.8, 4) is 0 Å². The lowest BCUT2D eigenvalue weighted by molar-refractivity contribution is -0.135. The second kappa shape index (κ2) is 6.23. The van der Waals surface area contributed by atoms with Crippen LogP contribution in [0.15, 0.2) is 30.3 Å². The zero-order valence-corrected chi connectivity index (χ0v) is 14.2. The molecular weight excluding hydrogens is 318 g/mol. The van der Waals surface area contributed by atoms with Gasteiger partial charge in [0, 0.05) is 50.0 Å². The van der Waals surface area contributed by atoms with E-state index < -0.39 is 0 Å². The monoisotopic (exact) mass is 339 g/mol. The van der Waals surface area contributed by atoms with Crippen molar-refractivity contribution < 1.29 is 9.59 Å². The van der Waals surface area contributed by atoms with Gasteiger partial charge in [-0.25, -0.2) is 0 Å².